The van der Waals surface area contributed by atoms with E-state index in [0.717, 1.165) is 29.4 Å². The van der Waals surface area contributed by atoms with Gasteiger partial charge in [0.05, 0.1) is 5.69 Å². The lowest BCUT2D eigenvalue weighted by atomic mass is 9.94. The highest BCUT2D eigenvalue weighted by molar-refractivity contribution is 7.16. The van der Waals surface area contributed by atoms with Crippen LogP contribution >= 0.6 is 11.3 Å². The van der Waals surface area contributed by atoms with Crippen molar-refractivity contribution in [1.82, 2.24) is 4.98 Å². The van der Waals surface area contributed by atoms with Gasteiger partial charge in [0.15, 0.2) is 5.13 Å². The van der Waals surface area contributed by atoms with E-state index in [1.54, 1.807) is 11.3 Å². The van der Waals surface area contributed by atoms with Crippen LogP contribution in [0.5, 0.6) is 0 Å². The van der Waals surface area contributed by atoms with Crippen LogP contribution in [0.4, 0.5) is 10.8 Å². The molecule has 0 saturated heterocycles. The van der Waals surface area contributed by atoms with Crippen LogP contribution in [-0.2, 0) is 12.8 Å². The van der Waals surface area contributed by atoms with Crippen molar-refractivity contribution in [2.45, 2.75) is 19.8 Å². The van der Waals surface area contributed by atoms with Gasteiger partial charge in [-0.15, -0.1) is 11.3 Å². The number of anilines is 2. The van der Waals surface area contributed by atoms with Crippen LogP contribution in [0.15, 0.2) is 48.5 Å². The van der Waals surface area contributed by atoms with Crippen LogP contribution in [0.3, 0.4) is 0 Å². The summed E-state index contributed by atoms with van der Waals surface area (Å²) in [6.45, 7) is 2.11. The van der Waals surface area contributed by atoms with E-state index in [2.05, 4.69) is 60.8 Å². The number of hydrogen-bond donors (Lipinski definition) is 1. The van der Waals surface area contributed by atoms with Crippen molar-refractivity contribution in [1.29, 1.82) is 0 Å². The number of aromatic nitrogens is 1. The summed E-state index contributed by atoms with van der Waals surface area (Å²) in [5, 5.41) is 4.43. The number of fused-ring (bicyclic) bond motifs is 3. The molecule has 2 aromatic carbocycles. The number of rotatable bonds is 2. The Hall–Kier alpha value is -2.13. The van der Waals surface area contributed by atoms with E-state index in [9.17, 15) is 0 Å². The standard InChI is InChI=1S/C18H16N2S/c1-12-5-4-7-14(11-12)19-18-20-17-15-8-3-2-6-13(15)9-10-16(17)21-18/h2-8,11H,9-10H2,1H3,(H,19,20). The molecule has 0 amide bonds. The molecule has 1 heterocycles. The van der Waals surface area contributed by atoms with Gasteiger partial charge >= 0.3 is 0 Å². The number of hydrogen-bond acceptors (Lipinski definition) is 3. The molecule has 0 fully saturated rings. The van der Waals surface area contributed by atoms with E-state index in [4.69, 9.17) is 4.98 Å². The Morgan fingerprint density at radius 1 is 1.05 bits per heavy atom. The minimum atomic E-state index is 0.988. The van der Waals surface area contributed by atoms with E-state index in [1.165, 1.54) is 21.6 Å². The fourth-order valence-corrected chi connectivity index (χ4v) is 3.84. The Kier molecular flexibility index (Phi) is 3.00. The number of nitrogens with zero attached hydrogens (tertiary/aromatic N) is 1. The number of benzene rings is 2. The van der Waals surface area contributed by atoms with E-state index in [1.807, 2.05) is 0 Å². The van der Waals surface area contributed by atoms with Crippen LogP contribution in [0.25, 0.3) is 11.3 Å². The molecule has 0 unspecified atom stereocenters. The van der Waals surface area contributed by atoms with Gasteiger partial charge in [-0.05, 0) is 43.0 Å². The maximum Gasteiger partial charge on any atom is 0.187 e. The zero-order valence-corrected chi connectivity index (χ0v) is 12.7. The molecule has 3 aromatic rings. The lowest BCUT2D eigenvalue weighted by Gasteiger charge is -2.13. The molecule has 1 N–H and O–H groups in total. The lowest BCUT2D eigenvalue weighted by molar-refractivity contribution is 0.955. The van der Waals surface area contributed by atoms with Crippen molar-refractivity contribution in [2.75, 3.05) is 5.32 Å². The van der Waals surface area contributed by atoms with E-state index < -0.39 is 0 Å². The third-order valence-corrected chi connectivity index (χ3v) is 4.89. The average Bonchev–Trinajstić information content (AvgIpc) is 2.90. The van der Waals surface area contributed by atoms with E-state index in [0.29, 0.717) is 0 Å². The van der Waals surface area contributed by atoms with Crippen molar-refractivity contribution < 1.29 is 0 Å². The van der Waals surface area contributed by atoms with Gasteiger partial charge < -0.3 is 5.32 Å². The fourth-order valence-electron chi connectivity index (χ4n) is 2.85. The second-order valence-electron chi connectivity index (χ2n) is 5.44. The number of thiazole rings is 1. The molecule has 0 atom stereocenters. The molecular weight excluding hydrogens is 276 g/mol. The molecule has 21 heavy (non-hydrogen) atoms. The van der Waals surface area contributed by atoms with Crippen molar-refractivity contribution >= 4 is 22.2 Å². The predicted octanol–water partition coefficient (Wildman–Crippen LogP) is 4.96. The summed E-state index contributed by atoms with van der Waals surface area (Å²) in [4.78, 5) is 6.22. The third-order valence-electron chi connectivity index (χ3n) is 3.86. The smallest absolute Gasteiger partial charge is 0.187 e. The average molecular weight is 292 g/mol. The van der Waals surface area contributed by atoms with E-state index >= 15 is 0 Å². The Bertz CT molecular complexity index is 804. The molecule has 0 saturated carbocycles. The first-order valence-electron chi connectivity index (χ1n) is 7.21. The summed E-state index contributed by atoms with van der Waals surface area (Å²) < 4.78 is 0. The van der Waals surface area contributed by atoms with Crippen LogP contribution in [0.1, 0.15) is 16.0 Å². The first-order chi connectivity index (χ1) is 10.3. The first kappa shape index (κ1) is 12.6. The predicted molar refractivity (Wildman–Crippen MR) is 89.4 cm³/mol. The Balaban J connectivity index is 1.70. The molecule has 0 bridgehead atoms. The maximum atomic E-state index is 4.82. The molecule has 104 valence electrons. The van der Waals surface area contributed by atoms with Crippen LogP contribution in [0.2, 0.25) is 0 Å². The minimum Gasteiger partial charge on any atom is -0.332 e. The molecule has 1 aliphatic rings. The zero-order chi connectivity index (χ0) is 14.2. The molecule has 2 nitrogen and oxygen atoms in total. The highest BCUT2D eigenvalue weighted by Gasteiger charge is 2.20. The fraction of sp³-hybridized carbons (Fsp3) is 0.167. The molecule has 1 aromatic heterocycles. The lowest BCUT2D eigenvalue weighted by Crippen LogP contribution is -2.01. The highest BCUT2D eigenvalue weighted by Crippen LogP contribution is 2.38. The van der Waals surface area contributed by atoms with Crippen molar-refractivity contribution in [2.24, 2.45) is 0 Å². The van der Waals surface area contributed by atoms with E-state index in [-0.39, 0.29) is 0 Å². The largest absolute Gasteiger partial charge is 0.332 e. The molecular formula is C18H16N2S. The number of nitrogens with one attached hydrogen (secondary N) is 1. The quantitative estimate of drug-likeness (QED) is 0.722. The first-order valence-corrected chi connectivity index (χ1v) is 8.03. The van der Waals surface area contributed by atoms with Crippen molar-refractivity contribution in [3.8, 4) is 11.3 Å². The topological polar surface area (TPSA) is 24.9 Å². The summed E-state index contributed by atoms with van der Waals surface area (Å²) in [7, 11) is 0. The molecule has 0 radical (unpaired) electrons. The second-order valence-corrected chi connectivity index (χ2v) is 6.53. The van der Waals surface area contributed by atoms with Gasteiger partial charge in [0.1, 0.15) is 0 Å². The highest BCUT2D eigenvalue weighted by atomic mass is 32.1. The minimum absolute atomic E-state index is 0.988. The summed E-state index contributed by atoms with van der Waals surface area (Å²) in [6.07, 6.45) is 2.22. The van der Waals surface area contributed by atoms with Crippen LogP contribution in [0, 0.1) is 6.92 Å². The van der Waals surface area contributed by atoms with Gasteiger partial charge in [0.25, 0.3) is 0 Å². The monoisotopic (exact) mass is 292 g/mol. The zero-order valence-electron chi connectivity index (χ0n) is 11.9. The number of aryl methyl sites for hydroxylation is 3. The summed E-state index contributed by atoms with van der Waals surface area (Å²) in [5.41, 5.74) is 6.24. The molecule has 3 heteroatoms. The van der Waals surface area contributed by atoms with Crippen LogP contribution < -0.4 is 5.32 Å². The van der Waals surface area contributed by atoms with Gasteiger partial charge in [-0.2, -0.15) is 0 Å². The third kappa shape index (κ3) is 2.34. The van der Waals surface area contributed by atoms with Crippen molar-refractivity contribution in [3.63, 3.8) is 0 Å². The Labute approximate surface area is 128 Å². The van der Waals surface area contributed by atoms with Crippen LogP contribution in [-0.4, -0.2) is 4.98 Å². The van der Waals surface area contributed by atoms with Gasteiger partial charge in [0, 0.05) is 16.1 Å². The SMILES string of the molecule is Cc1cccc(Nc2nc3c(s2)CCc2ccccc2-3)c1. The molecule has 4 rings (SSSR count). The molecule has 1 aliphatic carbocycles. The summed E-state index contributed by atoms with van der Waals surface area (Å²) in [6, 6.07) is 17.0. The van der Waals surface area contributed by atoms with Gasteiger partial charge in [-0.1, -0.05) is 36.4 Å². The van der Waals surface area contributed by atoms with Gasteiger partial charge in [-0.25, -0.2) is 4.98 Å². The van der Waals surface area contributed by atoms with Gasteiger partial charge in [-0.3, -0.25) is 0 Å². The molecule has 0 aliphatic heterocycles. The maximum absolute atomic E-state index is 4.82. The summed E-state index contributed by atoms with van der Waals surface area (Å²) >= 11 is 1.78. The molecule has 0 spiro atoms. The normalized spacial score (nSPS) is 12.6. The Morgan fingerprint density at radius 2 is 1.95 bits per heavy atom. The second kappa shape index (κ2) is 5.01. The van der Waals surface area contributed by atoms with Crippen molar-refractivity contribution in [3.05, 3.63) is 64.5 Å². The summed E-state index contributed by atoms with van der Waals surface area (Å²) in [5.74, 6) is 0. The van der Waals surface area contributed by atoms with Gasteiger partial charge in [0.2, 0.25) is 0 Å². The Morgan fingerprint density at radius 3 is 2.86 bits per heavy atom.